The average Bonchev–Trinajstić information content (AvgIpc) is 0.722. The summed E-state index contributed by atoms with van der Waals surface area (Å²) in [5.41, 5.74) is 0. The predicted octanol–water partition coefficient (Wildman–Crippen LogP) is -28.0. The van der Waals surface area contributed by atoms with E-state index in [1.165, 1.54) is 0 Å². The molecule has 14 heteroatoms. The summed E-state index contributed by atoms with van der Waals surface area (Å²) in [5.74, 6) is 0. The van der Waals surface area contributed by atoms with Crippen molar-refractivity contribution in [3.8, 4) is 0 Å². The van der Waals surface area contributed by atoms with Crippen molar-refractivity contribution in [1.82, 2.24) is 0 Å². The average molecular weight is 418 g/mol. The molecule has 4 nitrogen and oxygen atoms in total. The molecular formula is HCl4K4NaO4S. The van der Waals surface area contributed by atoms with Crippen LogP contribution in [0.15, 0.2) is 0 Å². The molecule has 14 heavy (non-hydrogen) atoms. The van der Waals surface area contributed by atoms with Gasteiger partial charge in [0, 0.05) is 0 Å². The molecule has 0 saturated carbocycles. The van der Waals surface area contributed by atoms with Gasteiger partial charge in [-0.25, -0.2) is 8.42 Å². The van der Waals surface area contributed by atoms with E-state index in [4.69, 9.17) is 17.5 Å². The van der Waals surface area contributed by atoms with Gasteiger partial charge in [0.1, 0.15) is 0 Å². The molecule has 0 aromatic carbocycles. The minimum atomic E-state index is -4.92. The summed E-state index contributed by atoms with van der Waals surface area (Å²) in [5, 5.41) is 0. The van der Waals surface area contributed by atoms with Gasteiger partial charge in [-0.05, 0) is 0 Å². The Balaban J connectivity index is -0.00000000222. The summed E-state index contributed by atoms with van der Waals surface area (Å²) >= 11 is 0. The Kier molecular flexibility index (Phi) is 204. The third-order valence-electron chi connectivity index (χ3n) is 0. The molecule has 0 aromatic heterocycles. The minimum Gasteiger partial charge on any atom is -1.00 e. The molecule has 0 spiro atoms. The zero-order chi connectivity index (χ0) is 4.50. The second-order valence-corrected chi connectivity index (χ2v) is 1.28. The standard InChI is InChI=1S/4ClH.4K.Na.H2O4S/c;;;;;;;;;1-5(2,3)4/h4*1H;;;;;;(H2,1,2,3,4)/q;;;;5*+1;/p-5. The van der Waals surface area contributed by atoms with E-state index >= 15 is 0 Å². The largest absolute Gasteiger partial charge is 1.00 e. The fraction of sp³-hybridized carbons (Fsp3) is 0. The van der Waals surface area contributed by atoms with Crippen LogP contribution in [0.2, 0.25) is 0 Å². The van der Waals surface area contributed by atoms with Crippen molar-refractivity contribution in [2.75, 3.05) is 0 Å². The summed E-state index contributed by atoms with van der Waals surface area (Å²) in [6.07, 6.45) is 0. The molecule has 0 bridgehead atoms. The Morgan fingerprint density at radius 3 is 0.786 bits per heavy atom. The van der Waals surface area contributed by atoms with Gasteiger partial charge in [-0.15, -0.1) is 0 Å². The van der Waals surface area contributed by atoms with E-state index in [1.54, 1.807) is 0 Å². The number of hydrogen-bond acceptors (Lipinski definition) is 3. The van der Waals surface area contributed by atoms with Gasteiger partial charge >= 0.3 is 235 Å². The molecular weight excluding hydrogens is 417 g/mol. The Labute approximate surface area is 302 Å². The van der Waals surface area contributed by atoms with Crippen molar-refractivity contribution in [3.63, 3.8) is 0 Å². The first-order valence-electron chi connectivity index (χ1n) is 0.683. The van der Waals surface area contributed by atoms with Crippen molar-refractivity contribution < 1.29 is 302 Å². The second-order valence-electron chi connectivity index (χ2n) is 0.428. The van der Waals surface area contributed by atoms with Crippen molar-refractivity contribution in [3.05, 3.63) is 0 Å². The zero-order valence-electron chi connectivity index (χ0n) is 8.59. The predicted molar refractivity (Wildman–Crippen MR) is 12.3 cm³/mol. The molecule has 0 heterocycles. The van der Waals surface area contributed by atoms with E-state index < -0.39 is 10.4 Å². The minimum absolute atomic E-state index is 0. The van der Waals surface area contributed by atoms with Crippen molar-refractivity contribution in [2.24, 2.45) is 0 Å². The van der Waals surface area contributed by atoms with Crippen LogP contribution < -0.4 is 285 Å². The quantitative estimate of drug-likeness (QED) is 0.241. The van der Waals surface area contributed by atoms with Crippen molar-refractivity contribution in [2.45, 2.75) is 0 Å². The van der Waals surface area contributed by atoms with E-state index in [-0.39, 0.29) is 285 Å². The topological polar surface area (TPSA) is 77.4 Å². The summed E-state index contributed by atoms with van der Waals surface area (Å²) < 4.78 is 32.8. The van der Waals surface area contributed by atoms with Crippen LogP contribution in [0.4, 0.5) is 0 Å². The molecule has 0 fully saturated rings. The fourth-order valence-corrected chi connectivity index (χ4v) is 0. The maximum Gasteiger partial charge on any atom is 1.00 e. The van der Waals surface area contributed by atoms with Gasteiger partial charge in [0.05, 0.1) is 0 Å². The van der Waals surface area contributed by atoms with E-state index in [0.717, 1.165) is 0 Å². The summed E-state index contributed by atoms with van der Waals surface area (Å²) in [6, 6.07) is 0. The van der Waals surface area contributed by atoms with Crippen LogP contribution in [0, 0.1) is 0 Å². The van der Waals surface area contributed by atoms with E-state index in [9.17, 15) is 0 Å². The molecule has 0 rings (SSSR count). The van der Waals surface area contributed by atoms with Crippen LogP contribution in [0.3, 0.4) is 0 Å². The smallest absolute Gasteiger partial charge is 1.00 e. The molecule has 0 aromatic rings. The third-order valence-corrected chi connectivity index (χ3v) is 0. The molecule has 0 atom stereocenters. The summed E-state index contributed by atoms with van der Waals surface area (Å²) in [4.78, 5) is 0. The maximum atomic E-state index is 8.63. The molecule has 1 N–H and O–H groups in total. The van der Waals surface area contributed by atoms with E-state index in [1.807, 2.05) is 0 Å². The van der Waals surface area contributed by atoms with Crippen LogP contribution >= 0.6 is 0 Å². The van der Waals surface area contributed by atoms with Crippen LogP contribution in [-0.2, 0) is 10.4 Å². The number of halogens is 4. The van der Waals surface area contributed by atoms with Crippen molar-refractivity contribution >= 4 is 10.4 Å². The van der Waals surface area contributed by atoms with E-state index in [2.05, 4.69) is 0 Å². The van der Waals surface area contributed by atoms with Crippen molar-refractivity contribution in [1.29, 1.82) is 0 Å². The summed E-state index contributed by atoms with van der Waals surface area (Å²) in [6.45, 7) is 0. The molecule has 0 aliphatic heterocycles. The third kappa shape index (κ3) is 107. The van der Waals surface area contributed by atoms with E-state index in [0.29, 0.717) is 0 Å². The van der Waals surface area contributed by atoms with Gasteiger partial charge in [-0.1, -0.05) is 0 Å². The fourth-order valence-electron chi connectivity index (χ4n) is 0. The number of hydrogen-bond donors (Lipinski definition) is 1. The Hall–Kier alpha value is 8.58. The van der Waals surface area contributed by atoms with Gasteiger partial charge in [-0.3, -0.25) is 4.55 Å². The number of rotatable bonds is 0. The normalized spacial score (nSPS) is 4.14. The van der Waals surface area contributed by atoms with Crippen LogP contribution in [0.5, 0.6) is 0 Å². The monoisotopic (exact) mass is 416 g/mol. The van der Waals surface area contributed by atoms with Gasteiger partial charge in [0.15, 0.2) is 0 Å². The van der Waals surface area contributed by atoms with Gasteiger partial charge in [-0.2, -0.15) is 0 Å². The maximum absolute atomic E-state index is 8.63. The molecule has 0 aliphatic carbocycles. The molecule has 0 radical (unpaired) electrons. The first kappa shape index (κ1) is 66.5. The molecule has 0 aliphatic rings. The van der Waals surface area contributed by atoms with Gasteiger partial charge in [0.2, 0.25) is 10.4 Å². The molecule has 0 amide bonds. The Morgan fingerprint density at radius 1 is 0.786 bits per heavy atom. The second kappa shape index (κ2) is 43.0. The van der Waals surface area contributed by atoms with Crippen LogP contribution in [0.25, 0.3) is 0 Å². The van der Waals surface area contributed by atoms with Crippen LogP contribution in [0.1, 0.15) is 0 Å². The van der Waals surface area contributed by atoms with Crippen LogP contribution in [-0.4, -0.2) is 17.5 Å². The van der Waals surface area contributed by atoms with Gasteiger partial charge < -0.3 is 54.2 Å². The molecule has 0 saturated heterocycles. The van der Waals surface area contributed by atoms with Gasteiger partial charge in [0.25, 0.3) is 0 Å². The Bertz CT molecular complexity index is 113. The molecule has 0 unspecified atom stereocenters. The first-order chi connectivity index (χ1) is 2.00. The zero-order valence-corrected chi connectivity index (χ0v) is 26.9. The Morgan fingerprint density at radius 2 is 0.786 bits per heavy atom. The first-order valence-corrected chi connectivity index (χ1v) is 2.05. The summed E-state index contributed by atoms with van der Waals surface area (Å²) in [7, 11) is -4.92. The molecule has 64 valence electrons. The SMILES string of the molecule is O=S(=O)([O-])O.[Cl-].[Cl-].[Cl-].[Cl-].[K+].[K+].[K+].[K+].[Na+].